The van der Waals surface area contributed by atoms with Gasteiger partial charge in [-0.05, 0) is 18.6 Å². The average molecular weight is 320 g/mol. The summed E-state index contributed by atoms with van der Waals surface area (Å²) in [7, 11) is 0. The summed E-state index contributed by atoms with van der Waals surface area (Å²) < 4.78 is 0.553. The number of carbonyl (C=O) groups excluding carboxylic acids is 1. The lowest BCUT2D eigenvalue weighted by atomic mass is 10.2. The Hall–Kier alpha value is -1.99. The highest BCUT2D eigenvalue weighted by molar-refractivity contribution is 8.26. The van der Waals surface area contributed by atoms with Crippen molar-refractivity contribution in [2.75, 3.05) is 6.54 Å². The van der Waals surface area contributed by atoms with Gasteiger partial charge in [-0.1, -0.05) is 48.3 Å². The number of rotatable bonds is 4. The predicted molar refractivity (Wildman–Crippen MR) is 87.8 cm³/mol. The molecule has 1 aliphatic rings. The molecule has 21 heavy (non-hydrogen) atoms. The molecular weight excluding hydrogens is 308 g/mol. The number of thiocarbonyl (C=S) groups is 1. The molecule has 0 aromatic heterocycles. The molecule has 1 saturated heterocycles. The van der Waals surface area contributed by atoms with Crippen molar-refractivity contribution in [3.8, 4) is 0 Å². The minimum absolute atomic E-state index is 0.0365. The largest absolute Gasteiger partial charge is 0.293 e. The van der Waals surface area contributed by atoms with E-state index in [2.05, 4.69) is 0 Å². The first kappa shape index (κ1) is 15.4. The van der Waals surface area contributed by atoms with Gasteiger partial charge in [0.15, 0.2) is 0 Å². The number of nitrogens with zero attached hydrogens (tertiary/aromatic N) is 2. The van der Waals surface area contributed by atoms with Crippen LogP contribution >= 0.6 is 24.0 Å². The zero-order valence-corrected chi connectivity index (χ0v) is 12.8. The molecule has 1 aromatic carbocycles. The van der Waals surface area contributed by atoms with E-state index in [1.165, 1.54) is 28.8 Å². The Labute approximate surface area is 131 Å². The number of allylic oxidation sites excluding steroid dienone is 2. The van der Waals surface area contributed by atoms with Crippen molar-refractivity contribution in [1.82, 2.24) is 4.90 Å². The molecule has 2 rings (SSSR count). The summed E-state index contributed by atoms with van der Waals surface area (Å²) in [5.74, 6) is -0.101. The smallest absolute Gasteiger partial charge is 0.270 e. The third-order valence-corrected chi connectivity index (χ3v) is 4.20. The third-order valence-electron chi connectivity index (χ3n) is 2.81. The molecule has 1 aliphatic heterocycles. The molecule has 1 heterocycles. The first-order valence-corrected chi connectivity index (χ1v) is 7.42. The summed E-state index contributed by atoms with van der Waals surface area (Å²) >= 11 is 6.37. The molecule has 0 spiro atoms. The quantitative estimate of drug-likeness (QED) is 0.368. The molecule has 1 fully saturated rings. The van der Waals surface area contributed by atoms with Crippen LogP contribution in [0.15, 0.2) is 41.3 Å². The Morgan fingerprint density at radius 2 is 2.24 bits per heavy atom. The molecule has 0 saturated carbocycles. The molecule has 1 amide bonds. The summed E-state index contributed by atoms with van der Waals surface area (Å²) in [6.45, 7) is 2.42. The molecule has 5 nitrogen and oxygen atoms in total. The van der Waals surface area contributed by atoms with Crippen molar-refractivity contribution in [2.45, 2.75) is 6.92 Å². The standard InChI is InChI=1S/C14H12N2O3S2/c1-2-15-13(17)12(21-14(15)20)8-4-6-10-5-3-7-11(9-10)16(18)19/h3-9H,2H2,1H3/b6-4+,12-8-. The van der Waals surface area contributed by atoms with Crippen molar-refractivity contribution in [3.63, 3.8) is 0 Å². The highest BCUT2D eigenvalue weighted by Gasteiger charge is 2.29. The van der Waals surface area contributed by atoms with E-state index < -0.39 is 4.92 Å². The molecule has 1 aromatic rings. The number of likely N-dealkylation sites (N-methyl/N-ethyl adjacent to an activating group) is 1. The van der Waals surface area contributed by atoms with Crippen LogP contribution < -0.4 is 0 Å². The fourth-order valence-electron chi connectivity index (χ4n) is 1.78. The number of carbonyl (C=O) groups is 1. The van der Waals surface area contributed by atoms with E-state index >= 15 is 0 Å². The first-order valence-electron chi connectivity index (χ1n) is 6.19. The summed E-state index contributed by atoms with van der Waals surface area (Å²) in [5.41, 5.74) is 0.737. The van der Waals surface area contributed by atoms with E-state index in [-0.39, 0.29) is 11.6 Å². The number of nitro benzene ring substituents is 1. The number of thioether (sulfide) groups is 1. The predicted octanol–water partition coefficient (Wildman–Crippen LogP) is 3.37. The zero-order chi connectivity index (χ0) is 15.4. The molecule has 0 N–H and O–H groups in total. The maximum atomic E-state index is 12.0. The Morgan fingerprint density at radius 1 is 1.48 bits per heavy atom. The third kappa shape index (κ3) is 3.56. The molecule has 0 bridgehead atoms. The molecule has 7 heteroatoms. The summed E-state index contributed by atoms with van der Waals surface area (Å²) in [4.78, 5) is 24.3. The number of hydrogen-bond acceptors (Lipinski definition) is 5. The van der Waals surface area contributed by atoms with Crippen LogP contribution in [-0.2, 0) is 4.79 Å². The number of non-ortho nitro benzene ring substituents is 1. The van der Waals surface area contributed by atoms with Crippen molar-refractivity contribution in [2.24, 2.45) is 0 Å². The van der Waals surface area contributed by atoms with Crippen LogP contribution in [0.4, 0.5) is 5.69 Å². The maximum absolute atomic E-state index is 12.0. The second kappa shape index (κ2) is 6.64. The number of benzene rings is 1. The van der Waals surface area contributed by atoms with Gasteiger partial charge in [0, 0.05) is 18.7 Å². The maximum Gasteiger partial charge on any atom is 0.270 e. The molecule has 0 radical (unpaired) electrons. The second-order valence-corrected chi connectivity index (χ2v) is 5.84. The van der Waals surface area contributed by atoms with Gasteiger partial charge in [-0.2, -0.15) is 0 Å². The fourth-order valence-corrected chi connectivity index (χ4v) is 3.11. The Kier molecular flexibility index (Phi) is 4.87. The van der Waals surface area contributed by atoms with Gasteiger partial charge in [-0.3, -0.25) is 19.8 Å². The monoisotopic (exact) mass is 320 g/mol. The summed E-state index contributed by atoms with van der Waals surface area (Å²) in [6, 6.07) is 6.29. The van der Waals surface area contributed by atoms with Crippen LogP contribution in [-0.4, -0.2) is 26.6 Å². The average Bonchev–Trinajstić information content (AvgIpc) is 2.73. The Balaban J connectivity index is 2.14. The van der Waals surface area contributed by atoms with Gasteiger partial charge < -0.3 is 0 Å². The van der Waals surface area contributed by atoms with E-state index in [4.69, 9.17) is 12.2 Å². The first-order chi connectivity index (χ1) is 10.0. The van der Waals surface area contributed by atoms with E-state index in [1.54, 1.807) is 30.4 Å². The van der Waals surface area contributed by atoms with Crippen molar-refractivity contribution in [3.05, 3.63) is 57.0 Å². The topological polar surface area (TPSA) is 63.5 Å². The van der Waals surface area contributed by atoms with E-state index in [0.717, 1.165) is 0 Å². The number of amides is 1. The Bertz CT molecular complexity index is 668. The summed E-state index contributed by atoms with van der Waals surface area (Å²) in [5, 5.41) is 10.7. The minimum atomic E-state index is -0.441. The zero-order valence-electron chi connectivity index (χ0n) is 11.2. The van der Waals surface area contributed by atoms with Gasteiger partial charge in [0.05, 0.1) is 9.83 Å². The number of nitro groups is 1. The summed E-state index contributed by atoms with van der Waals surface area (Å²) in [6.07, 6.45) is 5.08. The van der Waals surface area contributed by atoms with Gasteiger partial charge in [0.25, 0.3) is 11.6 Å². The van der Waals surface area contributed by atoms with Gasteiger partial charge in [0.2, 0.25) is 0 Å². The van der Waals surface area contributed by atoms with Crippen LogP contribution in [0.5, 0.6) is 0 Å². The molecule has 0 atom stereocenters. The number of hydrogen-bond donors (Lipinski definition) is 0. The van der Waals surface area contributed by atoms with Gasteiger partial charge in [0.1, 0.15) is 4.32 Å². The van der Waals surface area contributed by atoms with E-state index in [9.17, 15) is 14.9 Å². The lowest BCUT2D eigenvalue weighted by Crippen LogP contribution is -2.27. The van der Waals surface area contributed by atoms with Crippen molar-refractivity contribution in [1.29, 1.82) is 0 Å². The van der Waals surface area contributed by atoms with E-state index in [1.807, 2.05) is 6.92 Å². The fraction of sp³-hybridized carbons (Fsp3) is 0.143. The molecule has 0 aliphatic carbocycles. The lowest BCUT2D eigenvalue weighted by Gasteiger charge is -2.09. The van der Waals surface area contributed by atoms with Gasteiger partial charge in [-0.15, -0.1) is 0 Å². The van der Waals surface area contributed by atoms with Crippen LogP contribution in [0.3, 0.4) is 0 Å². The second-order valence-electron chi connectivity index (χ2n) is 4.16. The minimum Gasteiger partial charge on any atom is -0.293 e. The highest BCUT2D eigenvalue weighted by Crippen LogP contribution is 2.30. The SMILES string of the molecule is CCN1C(=O)/C(=C/C=C/c2cccc([N+](=O)[O-])c2)SC1=S. The van der Waals surface area contributed by atoms with Gasteiger partial charge >= 0.3 is 0 Å². The molecular formula is C14H12N2O3S2. The lowest BCUT2D eigenvalue weighted by molar-refractivity contribution is -0.384. The molecule has 0 unspecified atom stereocenters. The van der Waals surface area contributed by atoms with E-state index in [0.29, 0.717) is 21.3 Å². The van der Waals surface area contributed by atoms with Crippen LogP contribution in [0.2, 0.25) is 0 Å². The van der Waals surface area contributed by atoms with Crippen LogP contribution in [0.25, 0.3) is 6.08 Å². The normalized spacial score (nSPS) is 17.2. The highest BCUT2D eigenvalue weighted by atomic mass is 32.2. The van der Waals surface area contributed by atoms with Crippen molar-refractivity contribution >= 4 is 46.0 Å². The van der Waals surface area contributed by atoms with Crippen molar-refractivity contribution < 1.29 is 9.72 Å². The molecule has 108 valence electrons. The van der Waals surface area contributed by atoms with Crippen LogP contribution in [0.1, 0.15) is 12.5 Å². The Morgan fingerprint density at radius 3 is 2.86 bits per heavy atom. The van der Waals surface area contributed by atoms with Crippen LogP contribution in [0, 0.1) is 10.1 Å². The van der Waals surface area contributed by atoms with Gasteiger partial charge in [-0.25, -0.2) is 0 Å².